The Morgan fingerprint density at radius 1 is 1.18 bits per heavy atom. The number of aromatic nitrogens is 2. The number of hydrogen-bond donors (Lipinski definition) is 1. The Kier molecular flexibility index (Phi) is 8.81. The lowest BCUT2D eigenvalue weighted by Crippen LogP contribution is -2.22. The van der Waals surface area contributed by atoms with Gasteiger partial charge in [-0.05, 0) is 49.7 Å². The van der Waals surface area contributed by atoms with Crippen molar-refractivity contribution in [2.24, 2.45) is 5.10 Å². The molecule has 1 N–H and O–H groups in total. The largest absolute Gasteiger partial charge is 0.493 e. The molecule has 4 rings (SSSR count). The third-order valence-corrected chi connectivity index (χ3v) is 6.32. The van der Waals surface area contributed by atoms with Gasteiger partial charge in [-0.2, -0.15) is 9.78 Å². The fraction of sp³-hybridized carbons (Fsp3) is 0.214. The third kappa shape index (κ3) is 6.41. The van der Waals surface area contributed by atoms with Gasteiger partial charge in [0, 0.05) is 33.2 Å². The van der Waals surface area contributed by atoms with Gasteiger partial charge >= 0.3 is 0 Å². The van der Waals surface area contributed by atoms with Gasteiger partial charge in [0.15, 0.2) is 18.1 Å². The van der Waals surface area contributed by atoms with Crippen LogP contribution in [0.4, 0.5) is 5.69 Å². The molecule has 0 saturated carbocycles. The van der Waals surface area contributed by atoms with E-state index in [4.69, 9.17) is 21.1 Å². The Labute approximate surface area is 233 Å². The first-order valence-electron chi connectivity index (χ1n) is 11.9. The maximum absolute atomic E-state index is 13.3. The minimum atomic E-state index is -0.348. The Morgan fingerprint density at radius 2 is 1.95 bits per heavy atom. The number of halogens is 2. The quantitative estimate of drug-likeness (QED) is 0.240. The molecule has 0 unspecified atom stereocenters. The molecule has 10 heteroatoms. The SMILES string of the molecule is CCCc1nc2ccc(Br)cc2c(=O)n1N=Cc1cc(Cl)cc(OC)c1OCC(=O)Nc1ccc(C)cc1. The number of rotatable bonds is 9. The fourth-order valence-corrected chi connectivity index (χ4v) is 4.36. The number of nitrogens with zero attached hydrogens (tertiary/aromatic N) is 3. The first-order chi connectivity index (χ1) is 18.3. The number of methoxy groups -OCH3 is 1. The molecule has 0 saturated heterocycles. The van der Waals surface area contributed by atoms with E-state index >= 15 is 0 Å². The highest BCUT2D eigenvalue weighted by atomic mass is 79.9. The molecule has 8 nitrogen and oxygen atoms in total. The fourth-order valence-electron chi connectivity index (χ4n) is 3.78. The zero-order chi connectivity index (χ0) is 27.2. The van der Waals surface area contributed by atoms with Crippen LogP contribution in [0.3, 0.4) is 0 Å². The number of hydrogen-bond acceptors (Lipinski definition) is 6. The maximum Gasteiger partial charge on any atom is 0.282 e. The van der Waals surface area contributed by atoms with Crippen molar-refractivity contribution in [3.8, 4) is 11.5 Å². The highest BCUT2D eigenvalue weighted by molar-refractivity contribution is 9.10. The Bertz CT molecular complexity index is 1570. The van der Waals surface area contributed by atoms with Crippen LogP contribution in [0.1, 0.15) is 30.3 Å². The van der Waals surface area contributed by atoms with Gasteiger partial charge in [0.25, 0.3) is 11.5 Å². The minimum absolute atomic E-state index is 0.265. The molecule has 0 bridgehead atoms. The lowest BCUT2D eigenvalue weighted by Gasteiger charge is -2.14. The van der Waals surface area contributed by atoms with E-state index < -0.39 is 0 Å². The van der Waals surface area contributed by atoms with Crippen molar-refractivity contribution < 1.29 is 14.3 Å². The van der Waals surface area contributed by atoms with E-state index in [2.05, 4.69) is 31.3 Å². The topological polar surface area (TPSA) is 94.8 Å². The van der Waals surface area contributed by atoms with Crippen LogP contribution in [0.5, 0.6) is 11.5 Å². The summed E-state index contributed by atoms with van der Waals surface area (Å²) in [6, 6.07) is 16.0. The Morgan fingerprint density at radius 3 is 2.66 bits per heavy atom. The summed E-state index contributed by atoms with van der Waals surface area (Å²) >= 11 is 9.72. The summed E-state index contributed by atoms with van der Waals surface area (Å²) in [6.07, 6.45) is 2.78. The van der Waals surface area contributed by atoms with Crippen molar-refractivity contribution in [2.75, 3.05) is 19.0 Å². The van der Waals surface area contributed by atoms with Crippen molar-refractivity contribution in [3.63, 3.8) is 0 Å². The average Bonchev–Trinajstić information content (AvgIpc) is 2.89. The smallest absolute Gasteiger partial charge is 0.282 e. The normalized spacial score (nSPS) is 11.2. The predicted octanol–water partition coefficient (Wildman–Crippen LogP) is 5.98. The van der Waals surface area contributed by atoms with Crippen molar-refractivity contribution >= 4 is 56.2 Å². The van der Waals surface area contributed by atoms with Gasteiger partial charge in [-0.3, -0.25) is 9.59 Å². The molecule has 0 radical (unpaired) electrons. The summed E-state index contributed by atoms with van der Waals surface area (Å²) < 4.78 is 13.4. The van der Waals surface area contributed by atoms with Crippen LogP contribution in [-0.2, 0) is 11.2 Å². The Balaban J connectivity index is 1.67. The van der Waals surface area contributed by atoms with Gasteiger partial charge in [-0.15, -0.1) is 0 Å². The van der Waals surface area contributed by atoms with E-state index in [1.54, 1.807) is 24.3 Å². The van der Waals surface area contributed by atoms with Crippen LogP contribution in [0.25, 0.3) is 10.9 Å². The Hall–Kier alpha value is -3.69. The second-order valence-corrected chi connectivity index (χ2v) is 9.88. The number of carbonyl (C=O) groups is 1. The van der Waals surface area contributed by atoms with Gasteiger partial charge in [-0.25, -0.2) is 4.98 Å². The predicted molar refractivity (Wildman–Crippen MR) is 154 cm³/mol. The average molecular weight is 598 g/mol. The van der Waals surface area contributed by atoms with Crippen LogP contribution in [0.15, 0.2) is 69.0 Å². The van der Waals surface area contributed by atoms with E-state index in [1.165, 1.54) is 18.0 Å². The summed E-state index contributed by atoms with van der Waals surface area (Å²) in [4.78, 5) is 30.5. The number of carbonyl (C=O) groups excluding carboxylic acids is 1. The maximum atomic E-state index is 13.3. The first-order valence-corrected chi connectivity index (χ1v) is 13.1. The lowest BCUT2D eigenvalue weighted by atomic mass is 10.2. The second kappa shape index (κ2) is 12.2. The molecule has 0 fully saturated rings. The highest BCUT2D eigenvalue weighted by Gasteiger charge is 2.15. The molecule has 0 atom stereocenters. The van der Waals surface area contributed by atoms with Crippen LogP contribution in [0, 0.1) is 6.92 Å². The van der Waals surface area contributed by atoms with Crippen LogP contribution in [-0.4, -0.2) is 35.5 Å². The monoisotopic (exact) mass is 596 g/mol. The van der Waals surface area contributed by atoms with Gasteiger partial charge in [0.1, 0.15) is 5.82 Å². The number of ether oxygens (including phenoxy) is 2. The number of benzene rings is 3. The molecule has 38 heavy (non-hydrogen) atoms. The van der Waals surface area contributed by atoms with Crippen LogP contribution >= 0.6 is 27.5 Å². The molecule has 0 aliphatic carbocycles. The zero-order valence-corrected chi connectivity index (χ0v) is 23.5. The molecule has 0 spiro atoms. The number of nitrogens with one attached hydrogen (secondary N) is 1. The third-order valence-electron chi connectivity index (χ3n) is 5.61. The van der Waals surface area contributed by atoms with Crippen molar-refractivity contribution in [2.45, 2.75) is 26.7 Å². The van der Waals surface area contributed by atoms with Gasteiger partial charge < -0.3 is 14.8 Å². The molecular formula is C28H26BrClN4O4. The molecule has 1 amide bonds. The summed E-state index contributed by atoms with van der Waals surface area (Å²) in [5.74, 6) is 0.766. The van der Waals surface area contributed by atoms with Crippen molar-refractivity contribution in [1.82, 2.24) is 9.66 Å². The summed E-state index contributed by atoms with van der Waals surface area (Å²) in [6.45, 7) is 3.69. The van der Waals surface area contributed by atoms with Crippen molar-refractivity contribution in [3.05, 3.63) is 91.4 Å². The van der Waals surface area contributed by atoms with E-state index in [0.717, 1.165) is 16.5 Å². The summed E-state index contributed by atoms with van der Waals surface area (Å²) in [5.41, 5.74) is 2.48. The number of amides is 1. The first kappa shape index (κ1) is 27.3. The molecule has 4 aromatic rings. The molecule has 3 aromatic carbocycles. The molecule has 1 heterocycles. The second-order valence-electron chi connectivity index (χ2n) is 8.53. The van der Waals surface area contributed by atoms with E-state index in [9.17, 15) is 9.59 Å². The molecule has 196 valence electrons. The van der Waals surface area contributed by atoms with Crippen LogP contribution < -0.4 is 20.3 Å². The van der Waals surface area contributed by atoms with Gasteiger partial charge in [0.2, 0.25) is 0 Å². The summed E-state index contributed by atoms with van der Waals surface area (Å²) in [5, 5.41) is 8.07. The van der Waals surface area contributed by atoms with Crippen LogP contribution in [0.2, 0.25) is 5.02 Å². The zero-order valence-electron chi connectivity index (χ0n) is 21.1. The molecular weight excluding hydrogens is 572 g/mol. The van der Waals surface area contributed by atoms with Gasteiger partial charge in [0.05, 0.1) is 24.2 Å². The molecule has 0 aliphatic heterocycles. The standard InChI is InChI=1S/C28H26BrClN4O4/c1-4-5-25-33-23-11-8-19(29)13-22(23)28(36)34(25)31-15-18-12-20(30)14-24(37-3)27(18)38-16-26(35)32-21-9-6-17(2)7-10-21/h6-15H,4-5,16H2,1-3H3,(H,32,35). The van der Waals surface area contributed by atoms with E-state index in [0.29, 0.717) is 45.2 Å². The van der Waals surface area contributed by atoms with E-state index in [1.807, 2.05) is 44.2 Å². The summed E-state index contributed by atoms with van der Waals surface area (Å²) in [7, 11) is 1.47. The van der Waals surface area contributed by atoms with Crippen molar-refractivity contribution in [1.29, 1.82) is 0 Å². The van der Waals surface area contributed by atoms with E-state index in [-0.39, 0.29) is 23.8 Å². The molecule has 1 aromatic heterocycles. The minimum Gasteiger partial charge on any atom is -0.493 e. The number of anilines is 1. The molecule has 0 aliphatic rings. The lowest BCUT2D eigenvalue weighted by molar-refractivity contribution is -0.118. The number of aryl methyl sites for hydroxylation is 2. The van der Waals surface area contributed by atoms with Gasteiger partial charge in [-0.1, -0.05) is 52.2 Å². The number of fused-ring (bicyclic) bond motifs is 1. The highest BCUT2D eigenvalue weighted by Crippen LogP contribution is 2.34.